The molecule has 1 atom stereocenters. The lowest BCUT2D eigenvalue weighted by molar-refractivity contribution is -0.0996. The molecule has 1 rings (SSSR count). The Bertz CT molecular complexity index is 276. The van der Waals surface area contributed by atoms with Crippen LogP contribution in [0, 0.1) is 5.92 Å². The molecule has 4 heteroatoms. The van der Waals surface area contributed by atoms with Crippen molar-refractivity contribution in [3.05, 3.63) is 23.9 Å². The SMILES string of the molecule is CC(C)C1(C)C=CC=C(C(F)(F)F)N1. The summed E-state index contributed by atoms with van der Waals surface area (Å²) in [5.74, 6) is 0.102. The van der Waals surface area contributed by atoms with Crippen molar-refractivity contribution in [1.82, 2.24) is 5.32 Å². The Morgan fingerprint density at radius 1 is 1.36 bits per heavy atom. The van der Waals surface area contributed by atoms with E-state index in [-0.39, 0.29) is 5.92 Å². The Balaban J connectivity index is 2.89. The van der Waals surface area contributed by atoms with Crippen molar-refractivity contribution in [3.63, 3.8) is 0 Å². The van der Waals surface area contributed by atoms with Crippen LogP contribution in [0.4, 0.5) is 13.2 Å². The summed E-state index contributed by atoms with van der Waals surface area (Å²) in [6.45, 7) is 5.53. The van der Waals surface area contributed by atoms with E-state index < -0.39 is 17.4 Å². The fourth-order valence-corrected chi connectivity index (χ4v) is 1.22. The Hall–Kier alpha value is -0.930. The van der Waals surface area contributed by atoms with E-state index in [2.05, 4.69) is 5.32 Å². The van der Waals surface area contributed by atoms with Gasteiger partial charge in [-0.25, -0.2) is 0 Å². The molecule has 1 heterocycles. The second kappa shape index (κ2) is 3.33. The summed E-state index contributed by atoms with van der Waals surface area (Å²) in [7, 11) is 0. The molecule has 14 heavy (non-hydrogen) atoms. The Kier molecular flexibility index (Phi) is 2.65. The molecular formula is C10H14F3N. The van der Waals surface area contributed by atoms with E-state index in [1.54, 1.807) is 13.0 Å². The number of alkyl halides is 3. The quantitative estimate of drug-likeness (QED) is 0.693. The first kappa shape index (κ1) is 11.1. The van der Waals surface area contributed by atoms with E-state index in [1.165, 1.54) is 6.08 Å². The topological polar surface area (TPSA) is 12.0 Å². The largest absolute Gasteiger partial charge is 0.430 e. The summed E-state index contributed by atoms with van der Waals surface area (Å²) in [5.41, 5.74) is -1.28. The molecule has 0 spiro atoms. The number of nitrogens with one attached hydrogen (secondary N) is 1. The maximum atomic E-state index is 12.4. The van der Waals surface area contributed by atoms with Crippen molar-refractivity contribution in [2.24, 2.45) is 5.92 Å². The van der Waals surface area contributed by atoms with E-state index in [0.29, 0.717) is 0 Å². The third-order valence-corrected chi connectivity index (χ3v) is 2.61. The van der Waals surface area contributed by atoms with Crippen LogP contribution in [-0.2, 0) is 0 Å². The van der Waals surface area contributed by atoms with E-state index in [4.69, 9.17) is 0 Å². The lowest BCUT2D eigenvalue weighted by atomic mass is 9.86. The first-order chi connectivity index (χ1) is 6.26. The molecule has 1 N–H and O–H groups in total. The van der Waals surface area contributed by atoms with E-state index in [9.17, 15) is 13.2 Å². The van der Waals surface area contributed by atoms with Gasteiger partial charge in [0.25, 0.3) is 0 Å². The molecular weight excluding hydrogens is 191 g/mol. The molecule has 0 radical (unpaired) electrons. The maximum absolute atomic E-state index is 12.4. The maximum Gasteiger partial charge on any atom is 0.430 e. The summed E-state index contributed by atoms with van der Waals surface area (Å²) < 4.78 is 37.2. The van der Waals surface area contributed by atoms with Gasteiger partial charge in [0.1, 0.15) is 5.70 Å². The molecule has 1 nitrogen and oxygen atoms in total. The monoisotopic (exact) mass is 205 g/mol. The molecule has 0 amide bonds. The van der Waals surface area contributed by atoms with Gasteiger partial charge < -0.3 is 5.32 Å². The third kappa shape index (κ3) is 2.11. The summed E-state index contributed by atoms with van der Waals surface area (Å²) >= 11 is 0. The van der Waals surface area contributed by atoms with Crippen molar-refractivity contribution < 1.29 is 13.2 Å². The molecule has 0 bridgehead atoms. The summed E-state index contributed by atoms with van der Waals surface area (Å²) in [5, 5.41) is 2.52. The van der Waals surface area contributed by atoms with Crippen LogP contribution in [0.2, 0.25) is 0 Å². The van der Waals surface area contributed by atoms with Gasteiger partial charge in [-0.3, -0.25) is 0 Å². The molecule has 0 aliphatic carbocycles. The van der Waals surface area contributed by atoms with Crippen LogP contribution in [0.5, 0.6) is 0 Å². The van der Waals surface area contributed by atoms with Crippen molar-refractivity contribution in [2.75, 3.05) is 0 Å². The smallest absolute Gasteiger partial charge is 0.372 e. The lowest BCUT2D eigenvalue weighted by Gasteiger charge is -2.36. The fraction of sp³-hybridized carbons (Fsp3) is 0.600. The van der Waals surface area contributed by atoms with Crippen LogP contribution in [-0.4, -0.2) is 11.7 Å². The minimum atomic E-state index is -4.29. The summed E-state index contributed by atoms with van der Waals surface area (Å²) in [4.78, 5) is 0. The molecule has 1 aliphatic heterocycles. The van der Waals surface area contributed by atoms with Crippen molar-refractivity contribution in [2.45, 2.75) is 32.5 Å². The number of halogens is 3. The highest BCUT2D eigenvalue weighted by Gasteiger charge is 2.39. The molecule has 1 aliphatic rings. The first-order valence-electron chi connectivity index (χ1n) is 4.50. The molecule has 80 valence electrons. The lowest BCUT2D eigenvalue weighted by Crippen LogP contribution is -2.48. The average Bonchev–Trinajstić information content (AvgIpc) is 2.02. The molecule has 0 fully saturated rings. The first-order valence-corrected chi connectivity index (χ1v) is 4.50. The number of hydrogen-bond acceptors (Lipinski definition) is 1. The number of dihydropyridines is 1. The minimum Gasteiger partial charge on any atom is -0.372 e. The predicted octanol–water partition coefficient (Wildman–Crippen LogP) is 3.01. The van der Waals surface area contributed by atoms with Crippen LogP contribution < -0.4 is 5.32 Å². The average molecular weight is 205 g/mol. The summed E-state index contributed by atoms with van der Waals surface area (Å²) in [6.07, 6.45) is -0.0166. The van der Waals surface area contributed by atoms with Gasteiger partial charge in [0.05, 0.1) is 5.54 Å². The zero-order valence-electron chi connectivity index (χ0n) is 8.44. The van der Waals surface area contributed by atoms with Crippen molar-refractivity contribution in [1.29, 1.82) is 0 Å². The van der Waals surface area contributed by atoms with Gasteiger partial charge in [-0.1, -0.05) is 26.0 Å². The van der Waals surface area contributed by atoms with E-state index in [0.717, 1.165) is 6.08 Å². The number of allylic oxidation sites excluding steroid dienone is 3. The van der Waals surface area contributed by atoms with Gasteiger partial charge in [-0.15, -0.1) is 0 Å². The molecule has 0 saturated carbocycles. The van der Waals surface area contributed by atoms with Gasteiger partial charge >= 0.3 is 6.18 Å². The fourth-order valence-electron chi connectivity index (χ4n) is 1.22. The van der Waals surface area contributed by atoms with Gasteiger partial charge in [0.15, 0.2) is 0 Å². The molecule has 0 aromatic carbocycles. The van der Waals surface area contributed by atoms with E-state index in [1.807, 2.05) is 13.8 Å². The number of rotatable bonds is 1. The highest BCUT2D eigenvalue weighted by molar-refractivity contribution is 5.27. The number of hydrogen-bond donors (Lipinski definition) is 1. The highest BCUT2D eigenvalue weighted by Crippen LogP contribution is 2.30. The van der Waals surface area contributed by atoms with Gasteiger partial charge in [0, 0.05) is 0 Å². The minimum absolute atomic E-state index is 0.102. The van der Waals surface area contributed by atoms with Crippen LogP contribution in [0.25, 0.3) is 0 Å². The zero-order valence-corrected chi connectivity index (χ0v) is 8.44. The highest BCUT2D eigenvalue weighted by atomic mass is 19.4. The van der Waals surface area contributed by atoms with Gasteiger partial charge in [-0.05, 0) is 18.9 Å². The van der Waals surface area contributed by atoms with Crippen LogP contribution in [0.15, 0.2) is 23.9 Å². The van der Waals surface area contributed by atoms with E-state index >= 15 is 0 Å². The molecule has 1 unspecified atom stereocenters. The molecule has 0 aromatic rings. The Morgan fingerprint density at radius 3 is 2.36 bits per heavy atom. The molecule has 0 aromatic heterocycles. The van der Waals surface area contributed by atoms with Crippen LogP contribution in [0.1, 0.15) is 20.8 Å². The second-order valence-electron chi connectivity index (χ2n) is 4.00. The van der Waals surface area contributed by atoms with Crippen molar-refractivity contribution >= 4 is 0 Å². The third-order valence-electron chi connectivity index (χ3n) is 2.61. The normalized spacial score (nSPS) is 27.5. The standard InChI is InChI=1S/C10H14F3N/c1-7(2)9(3)6-4-5-8(14-9)10(11,12)13/h4-7,14H,1-3H3. The van der Waals surface area contributed by atoms with Crippen LogP contribution >= 0.6 is 0 Å². The van der Waals surface area contributed by atoms with Gasteiger partial charge in [0.2, 0.25) is 0 Å². The van der Waals surface area contributed by atoms with Gasteiger partial charge in [-0.2, -0.15) is 13.2 Å². The Morgan fingerprint density at radius 2 is 1.93 bits per heavy atom. The summed E-state index contributed by atoms with van der Waals surface area (Å²) in [6, 6.07) is 0. The molecule has 0 saturated heterocycles. The van der Waals surface area contributed by atoms with Crippen LogP contribution in [0.3, 0.4) is 0 Å². The van der Waals surface area contributed by atoms with Crippen molar-refractivity contribution in [3.8, 4) is 0 Å². The zero-order chi connectivity index (χ0) is 11.0. The predicted molar refractivity (Wildman–Crippen MR) is 49.7 cm³/mol. The Labute approximate surface area is 81.7 Å². The second-order valence-corrected chi connectivity index (χ2v) is 4.00.